The lowest BCUT2D eigenvalue weighted by Crippen LogP contribution is -2.16. The second kappa shape index (κ2) is 2.79. The number of hydrogen-bond donors (Lipinski definition) is 0. The van der Waals surface area contributed by atoms with Crippen molar-refractivity contribution in [2.24, 2.45) is 5.92 Å². The fraction of sp³-hybridized carbons (Fsp3) is 0.857. The Balaban J connectivity index is 2.61. The van der Waals surface area contributed by atoms with Crippen LogP contribution in [0.3, 0.4) is 0 Å². The van der Waals surface area contributed by atoms with E-state index in [9.17, 15) is 4.79 Å². The largest absolute Gasteiger partial charge is 0.461 e. The van der Waals surface area contributed by atoms with Gasteiger partial charge in [-0.25, -0.2) is 0 Å². The van der Waals surface area contributed by atoms with Crippen molar-refractivity contribution in [2.45, 2.75) is 31.7 Å². The van der Waals surface area contributed by atoms with Crippen molar-refractivity contribution in [3.8, 4) is 0 Å². The Morgan fingerprint density at radius 2 is 2.30 bits per heavy atom. The molecule has 0 aliphatic carbocycles. The van der Waals surface area contributed by atoms with E-state index < -0.39 is 5.38 Å². The van der Waals surface area contributed by atoms with E-state index in [1.54, 1.807) is 0 Å². The topological polar surface area (TPSA) is 26.3 Å². The molecular weight excluding hydrogens is 152 g/mol. The average molecular weight is 163 g/mol. The summed E-state index contributed by atoms with van der Waals surface area (Å²) in [6.45, 7) is 3.93. The van der Waals surface area contributed by atoms with Gasteiger partial charge in [-0.3, -0.25) is 4.79 Å². The summed E-state index contributed by atoms with van der Waals surface area (Å²) in [5, 5.41) is -0.426. The van der Waals surface area contributed by atoms with E-state index in [4.69, 9.17) is 16.3 Å². The fourth-order valence-corrected chi connectivity index (χ4v) is 1.39. The molecule has 3 heteroatoms. The summed E-state index contributed by atoms with van der Waals surface area (Å²) in [6.07, 6.45) is 0.894. The maximum atomic E-state index is 10.8. The van der Waals surface area contributed by atoms with Crippen molar-refractivity contribution in [1.29, 1.82) is 0 Å². The molecule has 1 fully saturated rings. The SMILES string of the molecule is CC[C@H]1OC(=O)[C@H](Cl)[C@@H]1C. The third-order valence-corrected chi connectivity index (χ3v) is 2.52. The molecule has 0 unspecified atom stereocenters. The van der Waals surface area contributed by atoms with Gasteiger partial charge in [-0.15, -0.1) is 11.6 Å². The van der Waals surface area contributed by atoms with Crippen LogP contribution in [-0.4, -0.2) is 17.5 Å². The summed E-state index contributed by atoms with van der Waals surface area (Å²) in [4.78, 5) is 10.8. The molecule has 0 spiro atoms. The van der Waals surface area contributed by atoms with Gasteiger partial charge in [0.2, 0.25) is 0 Å². The molecule has 0 amide bonds. The van der Waals surface area contributed by atoms with Gasteiger partial charge in [0.05, 0.1) is 0 Å². The molecule has 0 bridgehead atoms. The van der Waals surface area contributed by atoms with E-state index >= 15 is 0 Å². The third-order valence-electron chi connectivity index (χ3n) is 1.94. The highest BCUT2D eigenvalue weighted by atomic mass is 35.5. The minimum atomic E-state index is -0.426. The smallest absolute Gasteiger partial charge is 0.324 e. The summed E-state index contributed by atoms with van der Waals surface area (Å²) in [7, 11) is 0. The Morgan fingerprint density at radius 1 is 1.70 bits per heavy atom. The minimum Gasteiger partial charge on any atom is -0.461 e. The van der Waals surface area contributed by atoms with Gasteiger partial charge < -0.3 is 4.74 Å². The summed E-state index contributed by atoms with van der Waals surface area (Å²) < 4.78 is 4.96. The van der Waals surface area contributed by atoms with Crippen LogP contribution in [0.1, 0.15) is 20.3 Å². The van der Waals surface area contributed by atoms with Gasteiger partial charge >= 0.3 is 5.97 Å². The molecule has 0 saturated carbocycles. The average Bonchev–Trinajstić information content (AvgIpc) is 2.17. The number of halogens is 1. The van der Waals surface area contributed by atoms with E-state index in [0.717, 1.165) is 6.42 Å². The van der Waals surface area contributed by atoms with Crippen LogP contribution in [0.15, 0.2) is 0 Å². The zero-order valence-electron chi connectivity index (χ0n) is 6.13. The molecule has 10 heavy (non-hydrogen) atoms. The van der Waals surface area contributed by atoms with Crippen LogP contribution in [-0.2, 0) is 9.53 Å². The molecule has 0 aromatic heterocycles. The summed E-state index contributed by atoms with van der Waals surface area (Å²) >= 11 is 5.71. The van der Waals surface area contributed by atoms with E-state index in [1.165, 1.54) is 0 Å². The van der Waals surface area contributed by atoms with Crippen LogP contribution in [0.2, 0.25) is 0 Å². The predicted octanol–water partition coefficient (Wildman–Crippen LogP) is 1.57. The number of alkyl halides is 1. The molecule has 1 rings (SSSR count). The molecule has 3 atom stereocenters. The molecule has 0 aromatic carbocycles. The molecule has 1 aliphatic heterocycles. The molecule has 58 valence electrons. The monoisotopic (exact) mass is 162 g/mol. The van der Waals surface area contributed by atoms with Gasteiger partial charge in [0.15, 0.2) is 0 Å². The minimum absolute atomic E-state index is 0.0370. The first kappa shape index (κ1) is 7.86. The van der Waals surface area contributed by atoms with Crippen molar-refractivity contribution < 1.29 is 9.53 Å². The fourth-order valence-electron chi connectivity index (χ4n) is 1.18. The highest BCUT2D eigenvalue weighted by molar-refractivity contribution is 6.30. The van der Waals surface area contributed by atoms with Crippen molar-refractivity contribution in [3.63, 3.8) is 0 Å². The number of ether oxygens (including phenoxy) is 1. The molecule has 2 nitrogen and oxygen atoms in total. The van der Waals surface area contributed by atoms with Crippen LogP contribution >= 0.6 is 11.6 Å². The lowest BCUT2D eigenvalue weighted by molar-refractivity contribution is -0.141. The van der Waals surface area contributed by atoms with Crippen LogP contribution < -0.4 is 0 Å². The van der Waals surface area contributed by atoms with Crippen LogP contribution in [0, 0.1) is 5.92 Å². The number of esters is 1. The molecule has 1 aliphatic rings. The number of hydrogen-bond acceptors (Lipinski definition) is 2. The maximum absolute atomic E-state index is 10.8. The first-order valence-electron chi connectivity index (χ1n) is 3.51. The predicted molar refractivity (Wildman–Crippen MR) is 39.0 cm³/mol. The number of rotatable bonds is 1. The highest BCUT2D eigenvalue weighted by Gasteiger charge is 2.39. The van der Waals surface area contributed by atoms with E-state index in [0.29, 0.717) is 0 Å². The number of carbonyl (C=O) groups is 1. The molecule has 0 radical (unpaired) electrons. The van der Waals surface area contributed by atoms with Gasteiger partial charge in [0, 0.05) is 5.92 Å². The van der Waals surface area contributed by atoms with E-state index in [2.05, 4.69) is 0 Å². The summed E-state index contributed by atoms with van der Waals surface area (Å²) in [6, 6.07) is 0. The van der Waals surface area contributed by atoms with E-state index in [1.807, 2.05) is 13.8 Å². The quantitative estimate of drug-likeness (QED) is 0.432. The summed E-state index contributed by atoms with van der Waals surface area (Å²) in [5.74, 6) is -0.0971. The molecule has 0 aromatic rings. The molecule has 1 heterocycles. The Hall–Kier alpha value is -0.240. The third kappa shape index (κ3) is 1.12. The Labute approximate surface area is 65.5 Å². The van der Waals surface area contributed by atoms with Gasteiger partial charge in [-0.05, 0) is 6.42 Å². The second-order valence-corrected chi connectivity index (χ2v) is 3.11. The normalized spacial score (nSPS) is 39.9. The standard InChI is InChI=1S/C7H11ClO2/c1-3-5-4(2)6(8)7(9)10-5/h4-6H,3H2,1-2H3/t4-,5-,6-/m1/s1. The number of carbonyl (C=O) groups excluding carboxylic acids is 1. The Kier molecular flexibility index (Phi) is 2.19. The molecule has 0 N–H and O–H groups in total. The lowest BCUT2D eigenvalue weighted by Gasteiger charge is -2.09. The zero-order chi connectivity index (χ0) is 7.72. The van der Waals surface area contributed by atoms with Crippen LogP contribution in [0.5, 0.6) is 0 Å². The Bertz CT molecular complexity index is 147. The van der Waals surface area contributed by atoms with Gasteiger partial charge in [-0.1, -0.05) is 13.8 Å². The highest BCUT2D eigenvalue weighted by Crippen LogP contribution is 2.28. The van der Waals surface area contributed by atoms with Crippen molar-refractivity contribution >= 4 is 17.6 Å². The van der Waals surface area contributed by atoms with Crippen LogP contribution in [0.4, 0.5) is 0 Å². The van der Waals surface area contributed by atoms with Gasteiger partial charge in [0.1, 0.15) is 11.5 Å². The molecular formula is C7H11ClO2. The molecule has 1 saturated heterocycles. The number of cyclic esters (lactones) is 1. The van der Waals surface area contributed by atoms with Gasteiger partial charge in [-0.2, -0.15) is 0 Å². The first-order chi connectivity index (χ1) is 4.66. The second-order valence-electron chi connectivity index (χ2n) is 2.64. The van der Waals surface area contributed by atoms with Crippen molar-refractivity contribution in [2.75, 3.05) is 0 Å². The van der Waals surface area contributed by atoms with Crippen molar-refractivity contribution in [1.82, 2.24) is 0 Å². The zero-order valence-corrected chi connectivity index (χ0v) is 6.89. The van der Waals surface area contributed by atoms with E-state index in [-0.39, 0.29) is 18.0 Å². The van der Waals surface area contributed by atoms with Crippen LogP contribution in [0.25, 0.3) is 0 Å². The lowest BCUT2D eigenvalue weighted by atomic mass is 10.0. The maximum Gasteiger partial charge on any atom is 0.324 e. The first-order valence-corrected chi connectivity index (χ1v) is 3.95. The van der Waals surface area contributed by atoms with Gasteiger partial charge in [0.25, 0.3) is 0 Å². The van der Waals surface area contributed by atoms with Crippen molar-refractivity contribution in [3.05, 3.63) is 0 Å². The summed E-state index contributed by atoms with van der Waals surface area (Å²) in [5.41, 5.74) is 0. The Morgan fingerprint density at radius 3 is 2.50 bits per heavy atom.